The number of pyridine rings is 1. The Morgan fingerprint density at radius 2 is 2.00 bits per heavy atom. The van der Waals surface area contributed by atoms with Crippen LogP contribution in [0.5, 0.6) is 0 Å². The smallest absolute Gasteiger partial charge is 0.323 e. The molecule has 1 aromatic carbocycles. The van der Waals surface area contributed by atoms with Crippen molar-refractivity contribution in [1.29, 1.82) is 0 Å². The van der Waals surface area contributed by atoms with Gasteiger partial charge in [0.15, 0.2) is 24.3 Å². The van der Waals surface area contributed by atoms with Crippen molar-refractivity contribution in [2.45, 2.75) is 43.9 Å². The largest absolute Gasteiger partial charge is 0.462 e. The molecule has 4 rings (SSSR count). The van der Waals surface area contributed by atoms with E-state index in [2.05, 4.69) is 4.98 Å². The maximum absolute atomic E-state index is 12.4. The molecule has 9 heteroatoms. The summed E-state index contributed by atoms with van der Waals surface area (Å²) in [7, 11) is 0. The second-order valence-electron chi connectivity index (χ2n) is 7.94. The molecule has 0 radical (unpaired) electrons. The van der Waals surface area contributed by atoms with E-state index in [1.165, 1.54) is 17.7 Å². The Kier molecular flexibility index (Phi) is 6.33. The number of ketones is 1. The van der Waals surface area contributed by atoms with Crippen LogP contribution in [0.3, 0.4) is 0 Å². The van der Waals surface area contributed by atoms with Crippen LogP contribution in [-0.2, 0) is 20.7 Å². The van der Waals surface area contributed by atoms with Crippen LogP contribution in [0.25, 0.3) is 10.9 Å². The predicted molar refractivity (Wildman–Crippen MR) is 114 cm³/mol. The first-order valence-electron chi connectivity index (χ1n) is 10.4. The van der Waals surface area contributed by atoms with Crippen LogP contribution >= 0.6 is 0 Å². The molecule has 1 fully saturated rings. The standard InChI is InChI=1S/C23H26N3O6/c1-13(27)14-5-4-8-26(11-14)22-21(29)20(28)19(32-22)12-31-23(30)17(24)9-15-10-25-18-7-3-2-6-16(15)18/h2-8,10-11,17,19-22,25,28-29H,9,12,24H2,1H3/q+1/t17-,19+,20+,21+,22+/m0/s1. The van der Waals surface area contributed by atoms with Gasteiger partial charge in [-0.15, -0.1) is 0 Å². The molecule has 1 aliphatic heterocycles. The number of Topliss-reactive ketones (excluding diaryl/α,β-unsaturated/α-hetero) is 1. The van der Waals surface area contributed by atoms with Crippen LogP contribution in [0.15, 0.2) is 55.0 Å². The lowest BCUT2D eigenvalue weighted by molar-refractivity contribution is -0.765. The molecule has 1 saturated heterocycles. The van der Waals surface area contributed by atoms with Crippen LogP contribution in [0.4, 0.5) is 0 Å². The second-order valence-corrected chi connectivity index (χ2v) is 7.94. The van der Waals surface area contributed by atoms with Gasteiger partial charge >= 0.3 is 5.97 Å². The van der Waals surface area contributed by atoms with Crippen molar-refractivity contribution in [2.24, 2.45) is 5.73 Å². The highest BCUT2D eigenvalue weighted by Gasteiger charge is 2.48. The number of para-hydroxylation sites is 1. The van der Waals surface area contributed by atoms with Crippen LogP contribution in [0.2, 0.25) is 0 Å². The van der Waals surface area contributed by atoms with Gasteiger partial charge in [0, 0.05) is 29.6 Å². The van der Waals surface area contributed by atoms with Crippen LogP contribution in [0, 0.1) is 0 Å². The Morgan fingerprint density at radius 3 is 2.78 bits per heavy atom. The summed E-state index contributed by atoms with van der Waals surface area (Å²) in [6, 6.07) is 10.1. The third-order valence-electron chi connectivity index (χ3n) is 5.67. The van der Waals surface area contributed by atoms with Crippen molar-refractivity contribution in [3.8, 4) is 0 Å². The molecule has 168 valence electrons. The number of hydrogen-bond acceptors (Lipinski definition) is 7. The van der Waals surface area contributed by atoms with E-state index in [4.69, 9.17) is 15.2 Å². The summed E-state index contributed by atoms with van der Waals surface area (Å²) in [4.78, 5) is 27.2. The van der Waals surface area contributed by atoms with E-state index in [1.807, 2.05) is 30.5 Å². The van der Waals surface area contributed by atoms with E-state index in [9.17, 15) is 19.8 Å². The Balaban J connectivity index is 1.36. The molecule has 1 aliphatic rings. The normalized spacial score (nSPS) is 23.9. The Hall–Kier alpha value is -3.11. The first kappa shape index (κ1) is 22.1. The number of aromatic amines is 1. The first-order chi connectivity index (χ1) is 15.3. The van der Waals surface area contributed by atoms with Crippen molar-refractivity contribution >= 4 is 22.7 Å². The second kappa shape index (κ2) is 9.17. The van der Waals surface area contributed by atoms with Gasteiger partial charge < -0.3 is 30.4 Å². The topological polar surface area (TPSA) is 139 Å². The number of aliphatic hydroxyl groups is 2. The summed E-state index contributed by atoms with van der Waals surface area (Å²) in [6.07, 6.45) is 0.871. The quantitative estimate of drug-likeness (QED) is 0.237. The van der Waals surface area contributed by atoms with Gasteiger partial charge in [-0.25, -0.2) is 0 Å². The number of H-pyrrole nitrogens is 1. The number of nitrogens with two attached hydrogens (primary N) is 1. The Labute approximate surface area is 184 Å². The van der Waals surface area contributed by atoms with Crippen LogP contribution in [0.1, 0.15) is 29.1 Å². The predicted octanol–water partition coefficient (Wildman–Crippen LogP) is 0.390. The number of fused-ring (bicyclic) bond motifs is 1. The first-order valence-corrected chi connectivity index (χ1v) is 10.4. The number of aromatic nitrogens is 2. The monoisotopic (exact) mass is 440 g/mol. The van der Waals surface area contributed by atoms with E-state index in [-0.39, 0.29) is 18.8 Å². The molecule has 5 atom stereocenters. The summed E-state index contributed by atoms with van der Waals surface area (Å²) in [6.45, 7) is 1.17. The van der Waals surface area contributed by atoms with Gasteiger partial charge in [0.05, 0.1) is 5.56 Å². The average Bonchev–Trinajstić information content (AvgIpc) is 3.33. The van der Waals surface area contributed by atoms with E-state index in [0.717, 1.165) is 16.5 Å². The van der Waals surface area contributed by atoms with E-state index >= 15 is 0 Å². The highest BCUT2D eigenvalue weighted by atomic mass is 16.6. The summed E-state index contributed by atoms with van der Waals surface area (Å²) < 4.78 is 12.5. The van der Waals surface area contributed by atoms with Gasteiger partial charge in [0.2, 0.25) is 0 Å². The zero-order valence-corrected chi connectivity index (χ0v) is 17.5. The molecule has 5 N–H and O–H groups in total. The Bertz CT molecular complexity index is 1130. The Morgan fingerprint density at radius 1 is 1.22 bits per heavy atom. The fourth-order valence-electron chi connectivity index (χ4n) is 3.86. The molecule has 0 unspecified atom stereocenters. The van der Waals surface area contributed by atoms with Crippen molar-refractivity contribution < 1.29 is 33.8 Å². The zero-order chi connectivity index (χ0) is 22.8. The lowest BCUT2D eigenvalue weighted by Crippen LogP contribution is -2.46. The van der Waals surface area contributed by atoms with Crippen molar-refractivity contribution in [3.05, 3.63) is 66.1 Å². The molecule has 3 aromatic rings. The molecule has 3 heterocycles. The van der Waals surface area contributed by atoms with Gasteiger partial charge in [0.1, 0.15) is 24.9 Å². The van der Waals surface area contributed by atoms with Gasteiger partial charge in [-0.3, -0.25) is 9.59 Å². The van der Waals surface area contributed by atoms with Gasteiger partial charge in [-0.2, -0.15) is 4.57 Å². The molecule has 0 bridgehead atoms. The number of rotatable bonds is 7. The molecular weight excluding hydrogens is 414 g/mol. The summed E-state index contributed by atoms with van der Waals surface area (Å²) >= 11 is 0. The lowest BCUT2D eigenvalue weighted by atomic mass is 10.1. The van der Waals surface area contributed by atoms with Crippen molar-refractivity contribution in [1.82, 2.24) is 4.98 Å². The zero-order valence-electron chi connectivity index (χ0n) is 17.5. The van der Waals surface area contributed by atoms with Gasteiger partial charge in [0.25, 0.3) is 6.23 Å². The molecule has 0 aliphatic carbocycles. The number of benzene rings is 1. The highest BCUT2D eigenvalue weighted by Crippen LogP contribution is 2.26. The van der Waals surface area contributed by atoms with Crippen LogP contribution in [-0.4, -0.2) is 57.9 Å². The molecule has 2 aromatic heterocycles. The number of carbonyl (C=O) groups excluding carboxylic acids is 2. The number of carbonyl (C=O) groups is 2. The summed E-state index contributed by atoms with van der Waals surface area (Å²) in [5.41, 5.74) is 8.33. The van der Waals surface area contributed by atoms with Crippen molar-refractivity contribution in [3.63, 3.8) is 0 Å². The lowest BCUT2D eigenvalue weighted by Gasteiger charge is -2.16. The third-order valence-corrected chi connectivity index (χ3v) is 5.67. The molecule has 0 spiro atoms. The molecule has 32 heavy (non-hydrogen) atoms. The van der Waals surface area contributed by atoms with Gasteiger partial charge in [-0.05, 0) is 24.6 Å². The fourth-order valence-corrected chi connectivity index (χ4v) is 3.86. The van der Waals surface area contributed by atoms with Crippen molar-refractivity contribution in [2.75, 3.05) is 6.61 Å². The van der Waals surface area contributed by atoms with E-state index in [0.29, 0.717) is 5.56 Å². The maximum Gasteiger partial charge on any atom is 0.323 e. The molecular formula is C23H26N3O6+. The van der Waals surface area contributed by atoms with Crippen LogP contribution < -0.4 is 10.3 Å². The number of aliphatic hydroxyl groups excluding tert-OH is 2. The minimum Gasteiger partial charge on any atom is -0.462 e. The minimum atomic E-state index is -1.27. The molecule has 0 saturated carbocycles. The van der Waals surface area contributed by atoms with E-state index < -0.39 is 36.6 Å². The fraction of sp³-hybridized carbons (Fsp3) is 0.348. The number of ether oxygens (including phenoxy) is 2. The number of esters is 1. The molecule has 9 nitrogen and oxygen atoms in total. The highest BCUT2D eigenvalue weighted by molar-refractivity contribution is 5.93. The third kappa shape index (κ3) is 4.42. The number of hydrogen-bond donors (Lipinski definition) is 4. The number of nitrogens with zero attached hydrogens (tertiary/aromatic N) is 1. The van der Waals surface area contributed by atoms with E-state index in [1.54, 1.807) is 18.3 Å². The summed E-state index contributed by atoms with van der Waals surface area (Å²) in [5, 5.41) is 21.8. The SMILES string of the molecule is CC(=O)c1ccc[n+]([C@@H]2O[C@H](COC(=O)[C@@H](N)Cc3c[nH]c4ccccc34)[C@@H](O)[C@H]2O)c1. The van der Waals surface area contributed by atoms with Gasteiger partial charge in [-0.1, -0.05) is 18.2 Å². The summed E-state index contributed by atoms with van der Waals surface area (Å²) in [5.74, 6) is -0.766. The molecule has 0 amide bonds. The maximum atomic E-state index is 12.4. The minimum absolute atomic E-state index is 0.137. The average molecular weight is 440 g/mol. The number of nitrogens with one attached hydrogen (secondary N) is 1.